The van der Waals surface area contributed by atoms with E-state index in [9.17, 15) is 4.79 Å². The van der Waals surface area contributed by atoms with Crippen molar-refractivity contribution < 1.29 is 9.53 Å². The summed E-state index contributed by atoms with van der Waals surface area (Å²) < 4.78 is 5.33. The Labute approximate surface area is 113 Å². The molecule has 0 spiro atoms. The van der Waals surface area contributed by atoms with E-state index in [0.717, 1.165) is 38.4 Å². The highest BCUT2D eigenvalue weighted by molar-refractivity contribution is 5.77. The molecule has 19 heavy (non-hydrogen) atoms. The largest absolute Gasteiger partial charge is 0.379 e. The summed E-state index contributed by atoms with van der Waals surface area (Å²) in [4.78, 5) is 13.4. The highest BCUT2D eigenvalue weighted by Crippen LogP contribution is 2.09. The van der Waals surface area contributed by atoms with Crippen LogP contribution in [0.2, 0.25) is 0 Å². The van der Waals surface area contributed by atoms with Gasteiger partial charge in [0.05, 0.1) is 19.8 Å². The van der Waals surface area contributed by atoms with Gasteiger partial charge in [0, 0.05) is 26.2 Å². The zero-order chi connectivity index (χ0) is 13.5. The fourth-order valence-electron chi connectivity index (χ4n) is 2.05. The predicted octanol–water partition coefficient (Wildman–Crippen LogP) is 0.0937. The van der Waals surface area contributed by atoms with Gasteiger partial charge in [0.2, 0.25) is 5.91 Å². The number of morpholine rings is 1. The lowest BCUT2D eigenvalue weighted by atomic mass is 10.1. The van der Waals surface area contributed by atoms with Crippen LogP contribution in [-0.2, 0) is 22.6 Å². The minimum absolute atomic E-state index is 0.0368. The van der Waals surface area contributed by atoms with Crippen LogP contribution in [0.5, 0.6) is 0 Å². The quantitative estimate of drug-likeness (QED) is 0.790. The van der Waals surface area contributed by atoms with Crippen LogP contribution in [0.3, 0.4) is 0 Å². The minimum atomic E-state index is -0.127. The van der Waals surface area contributed by atoms with Crippen LogP contribution in [0, 0.1) is 0 Å². The van der Waals surface area contributed by atoms with Gasteiger partial charge in [-0.1, -0.05) is 24.3 Å². The monoisotopic (exact) mass is 263 g/mol. The second-order valence-corrected chi connectivity index (χ2v) is 4.69. The van der Waals surface area contributed by atoms with E-state index in [1.807, 2.05) is 12.1 Å². The van der Waals surface area contributed by atoms with Gasteiger partial charge in [-0.2, -0.15) is 0 Å². The molecule has 2 rings (SSSR count). The minimum Gasteiger partial charge on any atom is -0.379 e. The van der Waals surface area contributed by atoms with Crippen LogP contribution in [0.4, 0.5) is 0 Å². The van der Waals surface area contributed by atoms with Gasteiger partial charge in [-0.25, -0.2) is 0 Å². The molecular weight excluding hydrogens is 242 g/mol. The standard InChI is InChI=1S/C14H21N3O2/c15-9-14(18)16-10-12-1-3-13(4-2-12)11-17-5-7-19-8-6-17/h1-4H,5-11,15H2,(H,16,18). The lowest BCUT2D eigenvalue weighted by Gasteiger charge is -2.26. The molecule has 0 saturated carbocycles. The molecule has 104 valence electrons. The number of nitrogens with one attached hydrogen (secondary N) is 1. The molecule has 1 fully saturated rings. The molecule has 1 aromatic carbocycles. The summed E-state index contributed by atoms with van der Waals surface area (Å²) in [6, 6.07) is 8.32. The average Bonchev–Trinajstić information content (AvgIpc) is 2.47. The first kappa shape index (κ1) is 14.0. The highest BCUT2D eigenvalue weighted by atomic mass is 16.5. The molecule has 0 aliphatic carbocycles. The molecule has 1 aliphatic heterocycles. The molecule has 5 nitrogen and oxygen atoms in total. The van der Waals surface area contributed by atoms with E-state index in [2.05, 4.69) is 22.3 Å². The molecule has 0 bridgehead atoms. The first-order chi connectivity index (χ1) is 9.28. The van der Waals surface area contributed by atoms with Crippen molar-refractivity contribution in [2.45, 2.75) is 13.1 Å². The van der Waals surface area contributed by atoms with E-state index in [0.29, 0.717) is 6.54 Å². The van der Waals surface area contributed by atoms with Gasteiger partial charge in [-0.15, -0.1) is 0 Å². The Hall–Kier alpha value is -1.43. The third-order valence-electron chi connectivity index (χ3n) is 3.21. The van der Waals surface area contributed by atoms with Gasteiger partial charge in [0.25, 0.3) is 0 Å². The van der Waals surface area contributed by atoms with Crippen molar-refractivity contribution in [3.8, 4) is 0 Å². The van der Waals surface area contributed by atoms with Crippen LogP contribution in [0.15, 0.2) is 24.3 Å². The molecule has 0 radical (unpaired) electrons. The van der Waals surface area contributed by atoms with Crippen molar-refractivity contribution >= 4 is 5.91 Å². The molecule has 1 saturated heterocycles. The SMILES string of the molecule is NCC(=O)NCc1ccc(CN2CCOCC2)cc1. The van der Waals surface area contributed by atoms with Crippen molar-refractivity contribution in [3.63, 3.8) is 0 Å². The lowest BCUT2D eigenvalue weighted by molar-refractivity contribution is -0.119. The Morgan fingerprint density at radius 2 is 1.84 bits per heavy atom. The normalized spacial score (nSPS) is 16.3. The number of nitrogens with two attached hydrogens (primary N) is 1. The number of carbonyl (C=O) groups excluding carboxylic acids is 1. The van der Waals surface area contributed by atoms with E-state index >= 15 is 0 Å². The fourth-order valence-corrected chi connectivity index (χ4v) is 2.05. The Kier molecular flexibility index (Phi) is 5.32. The first-order valence-electron chi connectivity index (χ1n) is 6.62. The number of benzene rings is 1. The molecule has 1 heterocycles. The van der Waals surface area contributed by atoms with Crippen LogP contribution >= 0.6 is 0 Å². The molecule has 1 aliphatic rings. The molecule has 1 amide bonds. The predicted molar refractivity (Wildman–Crippen MR) is 73.4 cm³/mol. The number of amides is 1. The van der Waals surface area contributed by atoms with Gasteiger partial charge in [-0.05, 0) is 11.1 Å². The highest BCUT2D eigenvalue weighted by Gasteiger charge is 2.10. The van der Waals surface area contributed by atoms with Gasteiger partial charge in [-0.3, -0.25) is 9.69 Å². The van der Waals surface area contributed by atoms with Gasteiger partial charge in [0.1, 0.15) is 0 Å². The van der Waals surface area contributed by atoms with Crippen molar-refractivity contribution in [1.82, 2.24) is 10.2 Å². The van der Waals surface area contributed by atoms with Crippen LogP contribution in [0.25, 0.3) is 0 Å². The molecule has 0 unspecified atom stereocenters. The van der Waals surface area contributed by atoms with Gasteiger partial charge in [0.15, 0.2) is 0 Å². The number of rotatable bonds is 5. The zero-order valence-corrected chi connectivity index (χ0v) is 11.1. The molecular formula is C14H21N3O2. The second-order valence-electron chi connectivity index (χ2n) is 4.69. The lowest BCUT2D eigenvalue weighted by Crippen LogP contribution is -2.35. The van der Waals surface area contributed by atoms with E-state index in [1.165, 1.54) is 5.56 Å². The van der Waals surface area contributed by atoms with Crippen molar-refractivity contribution in [3.05, 3.63) is 35.4 Å². The van der Waals surface area contributed by atoms with E-state index in [4.69, 9.17) is 10.5 Å². The van der Waals surface area contributed by atoms with Crippen LogP contribution < -0.4 is 11.1 Å². The van der Waals surface area contributed by atoms with Crippen LogP contribution in [-0.4, -0.2) is 43.7 Å². The third kappa shape index (κ3) is 4.63. The van der Waals surface area contributed by atoms with E-state index < -0.39 is 0 Å². The number of hydrogen-bond acceptors (Lipinski definition) is 4. The van der Waals surface area contributed by atoms with Crippen molar-refractivity contribution in [2.24, 2.45) is 5.73 Å². The van der Waals surface area contributed by atoms with Gasteiger partial charge >= 0.3 is 0 Å². The summed E-state index contributed by atoms with van der Waals surface area (Å²) in [6.45, 7) is 5.16. The molecule has 0 aromatic heterocycles. The first-order valence-corrected chi connectivity index (χ1v) is 6.62. The Morgan fingerprint density at radius 3 is 2.47 bits per heavy atom. The zero-order valence-electron chi connectivity index (χ0n) is 11.1. The topological polar surface area (TPSA) is 67.6 Å². The summed E-state index contributed by atoms with van der Waals surface area (Å²) in [7, 11) is 0. The number of carbonyl (C=O) groups is 1. The Morgan fingerprint density at radius 1 is 1.21 bits per heavy atom. The smallest absolute Gasteiger partial charge is 0.234 e. The van der Waals surface area contributed by atoms with Crippen LogP contribution in [0.1, 0.15) is 11.1 Å². The third-order valence-corrected chi connectivity index (χ3v) is 3.21. The maximum Gasteiger partial charge on any atom is 0.234 e. The second kappa shape index (κ2) is 7.23. The molecule has 1 aromatic rings. The Bertz CT molecular complexity index is 400. The fraction of sp³-hybridized carbons (Fsp3) is 0.500. The number of hydrogen-bond donors (Lipinski definition) is 2. The summed E-state index contributed by atoms with van der Waals surface area (Å²) in [5.41, 5.74) is 7.61. The van der Waals surface area contributed by atoms with Crippen molar-refractivity contribution in [2.75, 3.05) is 32.8 Å². The van der Waals surface area contributed by atoms with E-state index in [1.54, 1.807) is 0 Å². The summed E-state index contributed by atoms with van der Waals surface area (Å²) in [5, 5.41) is 2.76. The maximum absolute atomic E-state index is 11.1. The average molecular weight is 263 g/mol. The van der Waals surface area contributed by atoms with Gasteiger partial charge < -0.3 is 15.8 Å². The van der Waals surface area contributed by atoms with E-state index in [-0.39, 0.29) is 12.5 Å². The molecule has 0 atom stereocenters. The summed E-state index contributed by atoms with van der Waals surface area (Å²) >= 11 is 0. The number of ether oxygens (including phenoxy) is 1. The molecule has 3 N–H and O–H groups in total. The number of nitrogens with zero attached hydrogens (tertiary/aromatic N) is 1. The Balaban J connectivity index is 1.82. The van der Waals surface area contributed by atoms with Crippen molar-refractivity contribution in [1.29, 1.82) is 0 Å². The summed E-state index contributed by atoms with van der Waals surface area (Å²) in [5.74, 6) is -0.127. The molecule has 5 heteroatoms. The summed E-state index contributed by atoms with van der Waals surface area (Å²) in [6.07, 6.45) is 0. The maximum atomic E-state index is 11.1.